The molecule has 0 amide bonds. The van der Waals surface area contributed by atoms with Gasteiger partial charge in [0.05, 0.1) is 5.54 Å². The predicted molar refractivity (Wildman–Crippen MR) is 75.9 cm³/mol. The van der Waals surface area contributed by atoms with Gasteiger partial charge in [0.15, 0.2) is 0 Å². The summed E-state index contributed by atoms with van der Waals surface area (Å²) >= 11 is 1.66. The molecule has 2 N–H and O–H groups in total. The van der Waals surface area contributed by atoms with Crippen molar-refractivity contribution >= 4 is 11.3 Å². The van der Waals surface area contributed by atoms with Crippen molar-refractivity contribution in [2.45, 2.75) is 51.0 Å². The summed E-state index contributed by atoms with van der Waals surface area (Å²) in [6, 6.07) is 0. The molecule has 0 atom stereocenters. The smallest absolute Gasteiger partial charge is 0.247 e. The summed E-state index contributed by atoms with van der Waals surface area (Å²) < 4.78 is 5.46. The second kappa shape index (κ2) is 5.06. The Morgan fingerprint density at radius 3 is 2.58 bits per heavy atom. The third-order valence-electron chi connectivity index (χ3n) is 3.94. The van der Waals surface area contributed by atoms with E-state index >= 15 is 0 Å². The van der Waals surface area contributed by atoms with Crippen molar-refractivity contribution in [3.8, 4) is 11.4 Å². The SMILES string of the molecule is Cc1cscc1-c1noc(C2(N)CCCCCC2)n1. The molecule has 19 heavy (non-hydrogen) atoms. The zero-order chi connectivity index (χ0) is 13.3. The fourth-order valence-electron chi connectivity index (χ4n) is 2.70. The van der Waals surface area contributed by atoms with Gasteiger partial charge in [0.1, 0.15) is 0 Å². The van der Waals surface area contributed by atoms with Gasteiger partial charge in [0, 0.05) is 10.9 Å². The van der Waals surface area contributed by atoms with Crippen molar-refractivity contribution in [3.63, 3.8) is 0 Å². The van der Waals surface area contributed by atoms with Gasteiger partial charge in [-0.25, -0.2) is 0 Å². The first kappa shape index (κ1) is 12.8. The third kappa shape index (κ3) is 2.44. The van der Waals surface area contributed by atoms with Gasteiger partial charge in [-0.05, 0) is 30.7 Å². The molecule has 0 bridgehead atoms. The van der Waals surface area contributed by atoms with Crippen molar-refractivity contribution in [3.05, 3.63) is 22.2 Å². The molecule has 2 aromatic rings. The van der Waals surface area contributed by atoms with Crippen LogP contribution in [0.25, 0.3) is 11.4 Å². The van der Waals surface area contributed by atoms with Crippen LogP contribution in [0.4, 0.5) is 0 Å². The topological polar surface area (TPSA) is 64.9 Å². The molecule has 5 heteroatoms. The van der Waals surface area contributed by atoms with E-state index < -0.39 is 5.54 Å². The highest BCUT2D eigenvalue weighted by Gasteiger charge is 2.34. The van der Waals surface area contributed by atoms with Crippen LogP contribution < -0.4 is 5.73 Å². The lowest BCUT2D eigenvalue weighted by Gasteiger charge is -2.22. The van der Waals surface area contributed by atoms with Gasteiger partial charge in [-0.2, -0.15) is 16.3 Å². The van der Waals surface area contributed by atoms with Gasteiger partial charge in [0.25, 0.3) is 0 Å². The number of aryl methyl sites for hydroxylation is 1. The average molecular weight is 277 g/mol. The van der Waals surface area contributed by atoms with Crippen LogP contribution in [0.5, 0.6) is 0 Å². The Hall–Kier alpha value is -1.20. The monoisotopic (exact) mass is 277 g/mol. The quantitative estimate of drug-likeness (QED) is 0.851. The Kier molecular flexibility index (Phi) is 3.41. The lowest BCUT2D eigenvalue weighted by atomic mass is 9.91. The van der Waals surface area contributed by atoms with Crippen LogP contribution in [0, 0.1) is 6.92 Å². The lowest BCUT2D eigenvalue weighted by Crippen LogP contribution is -2.36. The van der Waals surface area contributed by atoms with E-state index in [0.29, 0.717) is 11.7 Å². The van der Waals surface area contributed by atoms with Crippen molar-refractivity contribution in [1.29, 1.82) is 0 Å². The molecule has 1 fully saturated rings. The van der Waals surface area contributed by atoms with Crippen molar-refractivity contribution in [2.75, 3.05) is 0 Å². The fraction of sp³-hybridized carbons (Fsp3) is 0.571. The van der Waals surface area contributed by atoms with Crippen LogP contribution in [0.2, 0.25) is 0 Å². The molecule has 1 aliphatic carbocycles. The molecule has 0 radical (unpaired) electrons. The number of hydrogen-bond donors (Lipinski definition) is 1. The van der Waals surface area contributed by atoms with Crippen LogP contribution in [-0.4, -0.2) is 10.1 Å². The van der Waals surface area contributed by atoms with E-state index in [1.54, 1.807) is 11.3 Å². The summed E-state index contributed by atoms with van der Waals surface area (Å²) in [7, 11) is 0. The van der Waals surface area contributed by atoms with Crippen molar-refractivity contribution in [1.82, 2.24) is 10.1 Å². The molecule has 0 saturated heterocycles. The molecule has 4 nitrogen and oxygen atoms in total. The number of nitrogens with two attached hydrogens (primary N) is 1. The highest BCUT2D eigenvalue weighted by atomic mass is 32.1. The third-order valence-corrected chi connectivity index (χ3v) is 4.81. The Balaban J connectivity index is 1.90. The molecule has 2 heterocycles. The van der Waals surface area contributed by atoms with Gasteiger partial charge < -0.3 is 10.3 Å². The van der Waals surface area contributed by atoms with Gasteiger partial charge in [-0.15, -0.1) is 0 Å². The minimum absolute atomic E-state index is 0.425. The Morgan fingerprint density at radius 2 is 1.95 bits per heavy atom. The summed E-state index contributed by atoms with van der Waals surface area (Å²) in [5.74, 6) is 1.28. The number of nitrogens with zero attached hydrogens (tertiary/aromatic N) is 2. The maximum Gasteiger partial charge on any atom is 0.247 e. The summed E-state index contributed by atoms with van der Waals surface area (Å²) in [5, 5.41) is 8.26. The summed E-state index contributed by atoms with van der Waals surface area (Å²) in [6.07, 6.45) is 6.68. The average Bonchev–Trinajstić information content (AvgIpc) is 2.97. The predicted octanol–water partition coefficient (Wildman–Crippen LogP) is 3.61. The second-order valence-electron chi connectivity index (χ2n) is 5.46. The van der Waals surface area contributed by atoms with Gasteiger partial charge >= 0.3 is 0 Å². The van der Waals surface area contributed by atoms with Crippen LogP contribution in [0.1, 0.15) is 50.0 Å². The molecule has 0 aromatic carbocycles. The molecule has 3 rings (SSSR count). The van der Waals surface area contributed by atoms with Crippen molar-refractivity contribution in [2.24, 2.45) is 5.73 Å². The van der Waals surface area contributed by atoms with E-state index in [2.05, 4.69) is 27.8 Å². The Morgan fingerprint density at radius 1 is 1.21 bits per heavy atom. The number of hydrogen-bond acceptors (Lipinski definition) is 5. The molecule has 102 valence electrons. The van der Waals surface area contributed by atoms with E-state index in [1.165, 1.54) is 18.4 Å². The van der Waals surface area contributed by atoms with Gasteiger partial charge in [0.2, 0.25) is 11.7 Å². The number of rotatable bonds is 2. The normalized spacial score (nSPS) is 19.3. The largest absolute Gasteiger partial charge is 0.337 e. The zero-order valence-corrected chi connectivity index (χ0v) is 12.0. The second-order valence-corrected chi connectivity index (χ2v) is 6.21. The summed E-state index contributed by atoms with van der Waals surface area (Å²) in [6.45, 7) is 2.06. The molecule has 0 unspecified atom stereocenters. The maximum atomic E-state index is 6.49. The first-order valence-corrected chi connectivity index (χ1v) is 7.79. The molecular weight excluding hydrogens is 258 g/mol. The molecule has 0 aliphatic heterocycles. The minimum Gasteiger partial charge on any atom is -0.337 e. The standard InChI is InChI=1S/C14H19N3OS/c1-10-8-19-9-11(10)12-16-13(18-17-12)14(15)6-4-2-3-5-7-14/h8-9H,2-7,15H2,1H3. The van der Waals surface area contributed by atoms with E-state index in [1.807, 2.05) is 0 Å². The van der Waals surface area contributed by atoms with Gasteiger partial charge in [-0.3, -0.25) is 0 Å². The first-order valence-electron chi connectivity index (χ1n) is 6.85. The lowest BCUT2D eigenvalue weighted by molar-refractivity contribution is 0.257. The molecule has 1 aliphatic rings. The van der Waals surface area contributed by atoms with Crippen LogP contribution in [-0.2, 0) is 5.54 Å². The highest BCUT2D eigenvalue weighted by Crippen LogP contribution is 2.34. The van der Waals surface area contributed by atoms with E-state index in [9.17, 15) is 0 Å². The Labute approximate surface area is 117 Å². The van der Waals surface area contributed by atoms with Gasteiger partial charge in [-0.1, -0.05) is 30.8 Å². The molecular formula is C14H19N3OS. The minimum atomic E-state index is -0.425. The highest BCUT2D eigenvalue weighted by molar-refractivity contribution is 7.08. The fourth-order valence-corrected chi connectivity index (χ4v) is 3.52. The number of aromatic nitrogens is 2. The zero-order valence-electron chi connectivity index (χ0n) is 11.2. The maximum absolute atomic E-state index is 6.49. The molecule has 1 saturated carbocycles. The Bertz CT molecular complexity index is 553. The molecule has 0 spiro atoms. The van der Waals surface area contributed by atoms with Crippen LogP contribution >= 0.6 is 11.3 Å². The van der Waals surface area contributed by atoms with Crippen molar-refractivity contribution < 1.29 is 4.52 Å². The number of thiophene rings is 1. The first-order chi connectivity index (χ1) is 9.19. The van der Waals surface area contributed by atoms with E-state index in [0.717, 1.165) is 31.2 Å². The van der Waals surface area contributed by atoms with E-state index in [-0.39, 0.29) is 0 Å². The van der Waals surface area contributed by atoms with Crippen LogP contribution in [0.15, 0.2) is 15.3 Å². The summed E-state index contributed by atoms with van der Waals surface area (Å²) in [5.41, 5.74) is 8.30. The van der Waals surface area contributed by atoms with E-state index in [4.69, 9.17) is 10.3 Å². The molecule has 2 aromatic heterocycles. The van der Waals surface area contributed by atoms with Crippen LogP contribution in [0.3, 0.4) is 0 Å². The summed E-state index contributed by atoms with van der Waals surface area (Å²) in [4.78, 5) is 4.55.